The second-order valence-electron chi connectivity index (χ2n) is 6.38. The predicted molar refractivity (Wildman–Crippen MR) is 106 cm³/mol. The van der Waals surface area contributed by atoms with Gasteiger partial charge in [0.25, 0.3) is 0 Å². The molecule has 2 aromatic carbocycles. The fraction of sp³-hybridized carbons (Fsp3) is 0.286. The molecule has 154 valence electrons. The van der Waals surface area contributed by atoms with E-state index in [9.17, 15) is 13.6 Å². The molecule has 2 amide bonds. The molecule has 0 saturated carbocycles. The maximum atomic E-state index is 12.6. The minimum absolute atomic E-state index is 0.147. The number of ether oxygens (including phenoxy) is 2. The number of para-hydroxylation sites is 1. The average molecular weight is 404 g/mol. The van der Waals surface area contributed by atoms with Crippen LogP contribution >= 0.6 is 0 Å². The number of furan rings is 1. The third-order valence-corrected chi connectivity index (χ3v) is 4.48. The van der Waals surface area contributed by atoms with Crippen LogP contribution in [0.2, 0.25) is 0 Å². The quantitative estimate of drug-likeness (QED) is 0.583. The number of fused-ring (bicyclic) bond motifs is 1. The van der Waals surface area contributed by atoms with Crippen molar-refractivity contribution in [2.24, 2.45) is 0 Å². The first-order valence-electron chi connectivity index (χ1n) is 9.07. The van der Waals surface area contributed by atoms with Crippen molar-refractivity contribution < 1.29 is 27.5 Å². The zero-order valence-corrected chi connectivity index (χ0v) is 16.4. The first-order chi connectivity index (χ1) is 13.9. The number of anilines is 1. The Labute approximate surface area is 167 Å². The number of rotatable bonds is 7. The number of aryl methyl sites for hydroxylation is 1. The van der Waals surface area contributed by atoms with E-state index in [-0.39, 0.29) is 11.5 Å². The van der Waals surface area contributed by atoms with Crippen LogP contribution in [0, 0.1) is 0 Å². The average Bonchev–Trinajstić information content (AvgIpc) is 3.05. The Balaban J connectivity index is 1.76. The van der Waals surface area contributed by atoms with Crippen molar-refractivity contribution in [3.8, 4) is 11.5 Å². The van der Waals surface area contributed by atoms with Gasteiger partial charge in [-0.3, -0.25) is 0 Å². The number of benzene rings is 2. The summed E-state index contributed by atoms with van der Waals surface area (Å²) in [6.07, 6.45) is 0.701. The summed E-state index contributed by atoms with van der Waals surface area (Å²) in [4.78, 5) is 14.1. The number of nitrogens with one attached hydrogen (secondary N) is 1. The second-order valence-corrected chi connectivity index (χ2v) is 6.38. The van der Waals surface area contributed by atoms with Gasteiger partial charge in [0.05, 0.1) is 13.7 Å². The summed E-state index contributed by atoms with van der Waals surface area (Å²) in [7, 11) is 3.00. The highest BCUT2D eigenvalue weighted by Crippen LogP contribution is 2.32. The number of nitrogens with zero attached hydrogens (tertiary/aromatic N) is 1. The molecule has 0 saturated heterocycles. The van der Waals surface area contributed by atoms with Crippen molar-refractivity contribution in [2.45, 2.75) is 26.5 Å². The summed E-state index contributed by atoms with van der Waals surface area (Å²) in [5.74, 6) is 0.814. The minimum atomic E-state index is -3.00. The molecule has 0 aliphatic heterocycles. The third-order valence-electron chi connectivity index (χ3n) is 4.48. The van der Waals surface area contributed by atoms with E-state index >= 15 is 0 Å². The molecule has 1 heterocycles. The molecule has 0 spiro atoms. The number of hydrogen-bond donors (Lipinski definition) is 1. The van der Waals surface area contributed by atoms with Crippen LogP contribution in [-0.4, -0.2) is 31.7 Å². The summed E-state index contributed by atoms with van der Waals surface area (Å²) in [6.45, 7) is -0.675. The number of carbonyl (C=O) groups excluding carboxylic acids is 1. The number of alkyl halides is 2. The highest BCUT2D eigenvalue weighted by atomic mass is 19.3. The molecule has 0 fully saturated rings. The van der Waals surface area contributed by atoms with Crippen LogP contribution in [-0.2, 0) is 13.0 Å². The van der Waals surface area contributed by atoms with E-state index in [1.807, 2.05) is 31.2 Å². The van der Waals surface area contributed by atoms with Crippen molar-refractivity contribution in [3.05, 3.63) is 53.8 Å². The van der Waals surface area contributed by atoms with Crippen LogP contribution in [0.25, 0.3) is 11.0 Å². The summed E-state index contributed by atoms with van der Waals surface area (Å²) in [5, 5.41) is 3.64. The van der Waals surface area contributed by atoms with Crippen molar-refractivity contribution >= 4 is 22.7 Å². The van der Waals surface area contributed by atoms with Crippen molar-refractivity contribution in [2.75, 3.05) is 19.5 Å². The van der Waals surface area contributed by atoms with Crippen LogP contribution < -0.4 is 14.8 Å². The first kappa shape index (κ1) is 20.4. The molecule has 1 aromatic heterocycles. The molecule has 8 heteroatoms. The van der Waals surface area contributed by atoms with Crippen LogP contribution in [0.1, 0.15) is 18.2 Å². The molecule has 0 aliphatic rings. The van der Waals surface area contributed by atoms with E-state index in [4.69, 9.17) is 9.15 Å². The molecule has 0 atom stereocenters. The van der Waals surface area contributed by atoms with Gasteiger partial charge in [-0.05, 0) is 18.2 Å². The topological polar surface area (TPSA) is 63.9 Å². The van der Waals surface area contributed by atoms with Crippen LogP contribution in [0.3, 0.4) is 0 Å². The monoisotopic (exact) mass is 404 g/mol. The molecular weight excluding hydrogens is 382 g/mol. The van der Waals surface area contributed by atoms with Crippen LogP contribution in [0.4, 0.5) is 19.3 Å². The summed E-state index contributed by atoms with van der Waals surface area (Å²) >= 11 is 0. The van der Waals surface area contributed by atoms with Gasteiger partial charge < -0.3 is 24.1 Å². The Morgan fingerprint density at radius 2 is 1.97 bits per heavy atom. The Kier molecular flexibility index (Phi) is 6.21. The highest BCUT2D eigenvalue weighted by molar-refractivity contribution is 5.90. The lowest BCUT2D eigenvalue weighted by Gasteiger charge is -2.19. The molecule has 0 radical (unpaired) electrons. The second kappa shape index (κ2) is 8.81. The van der Waals surface area contributed by atoms with Gasteiger partial charge in [0, 0.05) is 36.2 Å². The number of urea groups is 1. The van der Waals surface area contributed by atoms with Crippen LogP contribution in [0.5, 0.6) is 11.5 Å². The van der Waals surface area contributed by atoms with E-state index in [0.717, 1.165) is 22.3 Å². The molecule has 29 heavy (non-hydrogen) atoms. The normalized spacial score (nSPS) is 11.0. The molecule has 3 aromatic rings. The fourth-order valence-corrected chi connectivity index (χ4v) is 3.08. The minimum Gasteiger partial charge on any atom is -0.493 e. The smallest absolute Gasteiger partial charge is 0.387 e. The number of halogens is 2. The van der Waals surface area contributed by atoms with Gasteiger partial charge in [0.2, 0.25) is 0 Å². The van der Waals surface area contributed by atoms with Gasteiger partial charge in [-0.2, -0.15) is 8.78 Å². The Hall–Kier alpha value is -3.29. The van der Waals surface area contributed by atoms with Gasteiger partial charge in [0.1, 0.15) is 11.3 Å². The van der Waals surface area contributed by atoms with Crippen molar-refractivity contribution in [1.29, 1.82) is 0 Å². The van der Waals surface area contributed by atoms with Gasteiger partial charge in [0.15, 0.2) is 11.5 Å². The lowest BCUT2D eigenvalue weighted by molar-refractivity contribution is -0.0511. The molecule has 0 aliphatic carbocycles. The van der Waals surface area contributed by atoms with E-state index in [0.29, 0.717) is 18.7 Å². The lowest BCUT2D eigenvalue weighted by atomic mass is 10.1. The Bertz CT molecular complexity index is 1000. The number of hydrogen-bond acceptors (Lipinski definition) is 4. The standard InChI is InChI=1S/C21H22F2N2O4/c1-4-16-15(14-7-5-6-8-17(14)28-16)12-25(2)21(26)24-13-9-10-18(27-3)19(11-13)29-20(22)23/h5-11,20H,4,12H2,1-3H3,(H,24,26). The maximum absolute atomic E-state index is 12.6. The first-order valence-corrected chi connectivity index (χ1v) is 9.07. The molecule has 6 nitrogen and oxygen atoms in total. The number of methoxy groups -OCH3 is 1. The van der Waals surface area contributed by atoms with E-state index in [1.54, 1.807) is 13.1 Å². The zero-order valence-electron chi connectivity index (χ0n) is 16.4. The fourth-order valence-electron chi connectivity index (χ4n) is 3.08. The molecule has 0 unspecified atom stereocenters. The van der Waals surface area contributed by atoms with E-state index < -0.39 is 12.6 Å². The summed E-state index contributed by atoms with van der Waals surface area (Å²) < 4.78 is 40.5. The van der Waals surface area contributed by atoms with Gasteiger partial charge in [-0.15, -0.1) is 0 Å². The van der Waals surface area contributed by atoms with Gasteiger partial charge in [-0.1, -0.05) is 25.1 Å². The third kappa shape index (κ3) is 4.59. The number of carbonyl (C=O) groups is 1. The Morgan fingerprint density at radius 1 is 1.21 bits per heavy atom. The SMILES string of the molecule is CCc1oc2ccccc2c1CN(C)C(=O)Nc1ccc(OC)c(OC(F)F)c1. The van der Waals surface area contributed by atoms with Gasteiger partial charge >= 0.3 is 12.6 Å². The molecule has 1 N–H and O–H groups in total. The van der Waals surface area contributed by atoms with E-state index in [2.05, 4.69) is 10.1 Å². The predicted octanol–water partition coefficient (Wildman–Crippen LogP) is 5.27. The maximum Gasteiger partial charge on any atom is 0.387 e. The van der Waals surface area contributed by atoms with E-state index in [1.165, 1.54) is 24.1 Å². The summed E-state index contributed by atoms with van der Waals surface area (Å²) in [5.41, 5.74) is 2.03. The highest BCUT2D eigenvalue weighted by Gasteiger charge is 2.18. The number of amides is 2. The largest absolute Gasteiger partial charge is 0.493 e. The molecule has 3 rings (SSSR count). The summed E-state index contributed by atoms with van der Waals surface area (Å²) in [6, 6.07) is 11.6. The molecular formula is C21H22F2N2O4. The van der Waals surface area contributed by atoms with Crippen LogP contribution in [0.15, 0.2) is 46.9 Å². The zero-order chi connectivity index (χ0) is 21.0. The van der Waals surface area contributed by atoms with Crippen molar-refractivity contribution in [3.63, 3.8) is 0 Å². The van der Waals surface area contributed by atoms with Gasteiger partial charge in [-0.25, -0.2) is 4.79 Å². The van der Waals surface area contributed by atoms with Crippen molar-refractivity contribution in [1.82, 2.24) is 4.90 Å². The molecule has 0 bridgehead atoms. The lowest BCUT2D eigenvalue weighted by Crippen LogP contribution is -2.31. The Morgan fingerprint density at radius 3 is 2.66 bits per heavy atom.